The number of ether oxygens (including phenoxy) is 1. The highest BCUT2D eigenvalue weighted by molar-refractivity contribution is 5.93. The summed E-state index contributed by atoms with van der Waals surface area (Å²) >= 11 is 0. The number of hydrogen-bond acceptors (Lipinski definition) is 5. The number of aromatic nitrogens is 3. The fourth-order valence-corrected chi connectivity index (χ4v) is 2.89. The van der Waals surface area contributed by atoms with Crippen LogP contribution in [-0.2, 0) is 11.3 Å². The first-order valence-corrected chi connectivity index (χ1v) is 9.92. The van der Waals surface area contributed by atoms with Crippen LogP contribution < -0.4 is 20.7 Å². The second-order valence-corrected chi connectivity index (χ2v) is 7.24. The van der Waals surface area contributed by atoms with Gasteiger partial charge in [0.25, 0.3) is 0 Å². The molecule has 1 heterocycles. The Labute approximate surface area is 180 Å². The summed E-state index contributed by atoms with van der Waals surface area (Å²) in [5.41, 5.74) is 1.48. The number of H-pyrrole nitrogens is 1. The lowest BCUT2D eigenvalue weighted by Crippen LogP contribution is -2.50. The third-order valence-electron chi connectivity index (χ3n) is 4.58. The van der Waals surface area contributed by atoms with E-state index < -0.39 is 12.1 Å². The van der Waals surface area contributed by atoms with Crippen molar-refractivity contribution in [2.75, 3.05) is 12.4 Å². The van der Waals surface area contributed by atoms with Crippen molar-refractivity contribution in [3.05, 3.63) is 60.4 Å². The molecule has 162 valence electrons. The molecule has 0 fully saturated rings. The highest BCUT2D eigenvalue weighted by Gasteiger charge is 2.24. The number of anilines is 1. The minimum atomic E-state index is -0.701. The molecule has 31 heavy (non-hydrogen) atoms. The van der Waals surface area contributed by atoms with Gasteiger partial charge in [0.15, 0.2) is 5.82 Å². The molecular weight excluding hydrogens is 396 g/mol. The first-order valence-electron chi connectivity index (χ1n) is 9.92. The number of aromatic amines is 1. The summed E-state index contributed by atoms with van der Waals surface area (Å²) in [6.45, 7) is 3.89. The van der Waals surface area contributed by atoms with Gasteiger partial charge in [-0.2, -0.15) is 5.10 Å². The van der Waals surface area contributed by atoms with E-state index in [1.165, 1.54) is 0 Å². The smallest absolute Gasteiger partial charge is 0.319 e. The lowest BCUT2D eigenvalue weighted by Gasteiger charge is -2.21. The third-order valence-corrected chi connectivity index (χ3v) is 4.58. The van der Waals surface area contributed by atoms with E-state index in [2.05, 4.69) is 31.1 Å². The molecule has 9 nitrogen and oxygen atoms in total. The number of para-hydroxylation sites is 1. The van der Waals surface area contributed by atoms with Gasteiger partial charge in [0.05, 0.1) is 13.7 Å². The molecular formula is C22H26N6O3. The van der Waals surface area contributed by atoms with Crippen molar-refractivity contribution in [2.24, 2.45) is 5.92 Å². The number of amides is 3. The Hall–Kier alpha value is -3.88. The van der Waals surface area contributed by atoms with Gasteiger partial charge < -0.3 is 20.7 Å². The molecule has 1 unspecified atom stereocenters. The Kier molecular flexibility index (Phi) is 7.21. The Balaban J connectivity index is 1.56. The maximum Gasteiger partial charge on any atom is 0.319 e. The quantitative estimate of drug-likeness (QED) is 0.445. The molecule has 0 bridgehead atoms. The molecule has 3 aromatic rings. The maximum atomic E-state index is 12.7. The molecule has 2 aromatic carbocycles. The second kappa shape index (κ2) is 10.2. The van der Waals surface area contributed by atoms with Crippen LogP contribution in [0.2, 0.25) is 0 Å². The first-order chi connectivity index (χ1) is 15.0. The van der Waals surface area contributed by atoms with Crippen LogP contribution in [0.3, 0.4) is 0 Å². The monoisotopic (exact) mass is 422 g/mol. The van der Waals surface area contributed by atoms with Crippen molar-refractivity contribution in [3.63, 3.8) is 0 Å². The minimum Gasteiger partial charge on any atom is -0.497 e. The summed E-state index contributed by atoms with van der Waals surface area (Å²) in [5.74, 6) is 1.37. The van der Waals surface area contributed by atoms with Crippen molar-refractivity contribution < 1.29 is 14.3 Å². The van der Waals surface area contributed by atoms with E-state index in [1.54, 1.807) is 19.2 Å². The number of carbonyl (C=O) groups is 2. The van der Waals surface area contributed by atoms with E-state index in [0.717, 1.165) is 11.3 Å². The molecule has 4 N–H and O–H groups in total. The van der Waals surface area contributed by atoms with Crippen LogP contribution in [0.25, 0.3) is 11.4 Å². The molecule has 1 aromatic heterocycles. The highest BCUT2D eigenvalue weighted by atomic mass is 16.5. The predicted molar refractivity (Wildman–Crippen MR) is 117 cm³/mol. The first kappa shape index (κ1) is 21.8. The fraction of sp³-hybridized carbons (Fsp3) is 0.273. The lowest BCUT2D eigenvalue weighted by molar-refractivity contribution is -0.124. The summed E-state index contributed by atoms with van der Waals surface area (Å²) in [4.78, 5) is 29.3. The van der Waals surface area contributed by atoms with Crippen LogP contribution in [0.1, 0.15) is 19.7 Å². The summed E-state index contributed by atoms with van der Waals surface area (Å²) in [6, 6.07) is 15.3. The average Bonchev–Trinajstić information content (AvgIpc) is 3.25. The van der Waals surface area contributed by atoms with Crippen LogP contribution in [0, 0.1) is 5.92 Å². The van der Waals surface area contributed by atoms with Crippen molar-refractivity contribution in [1.82, 2.24) is 25.8 Å². The number of urea groups is 1. The molecule has 1 atom stereocenters. The number of methoxy groups -OCH3 is 1. The summed E-state index contributed by atoms with van der Waals surface area (Å²) in [7, 11) is 1.60. The van der Waals surface area contributed by atoms with Crippen molar-refractivity contribution in [3.8, 4) is 17.1 Å². The largest absolute Gasteiger partial charge is 0.497 e. The van der Waals surface area contributed by atoms with E-state index in [9.17, 15) is 9.59 Å². The molecule has 0 spiro atoms. The van der Waals surface area contributed by atoms with Gasteiger partial charge in [-0.1, -0.05) is 32.0 Å². The van der Waals surface area contributed by atoms with Gasteiger partial charge in [-0.15, -0.1) is 0 Å². The van der Waals surface area contributed by atoms with Gasteiger partial charge in [0.2, 0.25) is 5.91 Å². The van der Waals surface area contributed by atoms with Gasteiger partial charge >= 0.3 is 6.03 Å². The molecule has 3 rings (SSSR count). The Bertz CT molecular complexity index is 1000. The molecule has 0 aliphatic rings. The van der Waals surface area contributed by atoms with Gasteiger partial charge in [0, 0.05) is 11.3 Å². The molecule has 0 aliphatic carbocycles. The van der Waals surface area contributed by atoms with E-state index >= 15 is 0 Å². The van der Waals surface area contributed by atoms with Crippen molar-refractivity contribution in [2.45, 2.75) is 26.4 Å². The lowest BCUT2D eigenvalue weighted by atomic mass is 10.0. The molecule has 0 radical (unpaired) electrons. The molecule has 3 amide bonds. The van der Waals surface area contributed by atoms with Gasteiger partial charge in [-0.25, -0.2) is 9.78 Å². The van der Waals surface area contributed by atoms with Crippen LogP contribution in [0.4, 0.5) is 10.5 Å². The Morgan fingerprint density at radius 2 is 1.77 bits per heavy atom. The zero-order chi connectivity index (χ0) is 22.2. The van der Waals surface area contributed by atoms with E-state index in [0.29, 0.717) is 17.3 Å². The van der Waals surface area contributed by atoms with Crippen LogP contribution in [0.15, 0.2) is 54.6 Å². The van der Waals surface area contributed by atoms with Crippen LogP contribution >= 0.6 is 0 Å². The number of rotatable bonds is 8. The minimum absolute atomic E-state index is 0.105. The summed E-state index contributed by atoms with van der Waals surface area (Å²) < 4.78 is 5.15. The third kappa shape index (κ3) is 6.05. The summed E-state index contributed by atoms with van der Waals surface area (Å²) in [6.07, 6.45) is 0. The number of carbonyl (C=O) groups excluding carboxylic acids is 2. The molecule has 0 aliphatic heterocycles. The van der Waals surface area contributed by atoms with Gasteiger partial charge in [-0.05, 0) is 42.3 Å². The topological polar surface area (TPSA) is 121 Å². The number of nitrogens with one attached hydrogen (secondary N) is 4. The fourth-order valence-electron chi connectivity index (χ4n) is 2.89. The number of benzene rings is 2. The van der Waals surface area contributed by atoms with Gasteiger partial charge in [-0.3, -0.25) is 9.89 Å². The van der Waals surface area contributed by atoms with E-state index in [-0.39, 0.29) is 18.4 Å². The standard InChI is InChI=1S/C22H26N6O3/c1-14(2)19(26-22(30)24-16-7-5-4-6-8-16)21(29)23-13-18-25-20(28-27-18)15-9-11-17(31-3)12-10-15/h4-12,14,19H,13H2,1-3H3,(H,23,29)(H2,24,26,30)(H,25,27,28). The zero-order valence-corrected chi connectivity index (χ0v) is 17.7. The molecule has 0 saturated heterocycles. The van der Waals surface area contributed by atoms with Crippen molar-refractivity contribution >= 4 is 17.6 Å². The maximum absolute atomic E-state index is 12.7. The SMILES string of the molecule is COc1ccc(-c2n[nH]c(CNC(=O)C(NC(=O)Nc3ccccc3)C(C)C)n2)cc1. The van der Waals surface area contributed by atoms with Gasteiger partial charge in [0.1, 0.15) is 17.6 Å². The zero-order valence-electron chi connectivity index (χ0n) is 17.7. The van der Waals surface area contributed by atoms with Crippen LogP contribution in [-0.4, -0.2) is 40.3 Å². The Morgan fingerprint density at radius 1 is 1.06 bits per heavy atom. The second-order valence-electron chi connectivity index (χ2n) is 7.24. The average molecular weight is 422 g/mol. The van der Waals surface area contributed by atoms with Crippen LogP contribution in [0.5, 0.6) is 5.75 Å². The molecule has 0 saturated carbocycles. The number of nitrogens with zero attached hydrogens (tertiary/aromatic N) is 2. The van der Waals surface area contributed by atoms with E-state index in [4.69, 9.17) is 4.74 Å². The number of hydrogen-bond donors (Lipinski definition) is 4. The van der Waals surface area contributed by atoms with Crippen molar-refractivity contribution in [1.29, 1.82) is 0 Å². The molecule has 9 heteroatoms. The normalized spacial score (nSPS) is 11.6. The summed E-state index contributed by atoms with van der Waals surface area (Å²) in [5, 5.41) is 15.2. The van der Waals surface area contributed by atoms with E-state index in [1.807, 2.05) is 56.3 Å². The Morgan fingerprint density at radius 3 is 2.42 bits per heavy atom. The predicted octanol–water partition coefficient (Wildman–Crippen LogP) is 2.94. The highest BCUT2D eigenvalue weighted by Crippen LogP contribution is 2.18.